The predicted octanol–water partition coefficient (Wildman–Crippen LogP) is -14.5. The predicted molar refractivity (Wildman–Crippen MR) is 83.4 cm³/mol. The maximum Gasteiger partial charge on any atom is 1.00 e. The summed E-state index contributed by atoms with van der Waals surface area (Å²) in [6.07, 6.45) is -4.88. The molecule has 14 N–H and O–H groups in total. The Balaban J connectivity index is -0.0000000505. The third-order valence-corrected chi connectivity index (χ3v) is 2.56. The Morgan fingerprint density at radius 3 is 0.844 bits per heavy atom. The van der Waals surface area contributed by atoms with Gasteiger partial charge in [-0.1, -0.05) is 0 Å². The van der Waals surface area contributed by atoms with Crippen molar-refractivity contribution in [1.29, 1.82) is 0 Å². The van der Waals surface area contributed by atoms with Crippen molar-refractivity contribution in [3.8, 4) is 0 Å². The SMILES string of the molecule is O.O.O.O.O=C(O)CC(O)(CC(=O)O)C(=O)O.O=C([O-])CC(O)(CC(=O)[O-])C(=O)O.[Na+].[Na+]. The minimum absolute atomic E-state index is 0. The molecule has 0 aliphatic rings. The van der Waals surface area contributed by atoms with E-state index in [0.717, 1.165) is 0 Å². The van der Waals surface area contributed by atoms with Crippen LogP contribution in [0.3, 0.4) is 0 Å². The summed E-state index contributed by atoms with van der Waals surface area (Å²) in [5.74, 6) is -10.7. The summed E-state index contributed by atoms with van der Waals surface area (Å²) in [4.78, 5) is 60.7. The second kappa shape index (κ2) is 22.8. The molecule has 0 aromatic carbocycles. The van der Waals surface area contributed by atoms with Gasteiger partial charge >= 0.3 is 83.0 Å². The zero-order chi connectivity index (χ0) is 21.3. The van der Waals surface area contributed by atoms with E-state index in [1.807, 2.05) is 0 Å². The Hall–Kier alpha value is -1.42. The molecule has 0 radical (unpaired) electrons. The third kappa shape index (κ3) is 23.2. The van der Waals surface area contributed by atoms with Crippen LogP contribution in [0.2, 0.25) is 0 Å². The fourth-order valence-electron chi connectivity index (χ4n) is 1.41. The molecule has 0 saturated heterocycles. The van der Waals surface area contributed by atoms with E-state index >= 15 is 0 Å². The van der Waals surface area contributed by atoms with Gasteiger partial charge in [-0.25, -0.2) is 9.59 Å². The van der Waals surface area contributed by atoms with Crippen molar-refractivity contribution >= 4 is 35.8 Å². The van der Waals surface area contributed by atoms with E-state index in [-0.39, 0.29) is 81.0 Å². The first-order valence-electron chi connectivity index (χ1n) is 6.30. The molecular formula is C12H22Na2O18. The van der Waals surface area contributed by atoms with Crippen molar-refractivity contribution in [1.82, 2.24) is 0 Å². The molecule has 18 nitrogen and oxygen atoms in total. The minimum atomic E-state index is -2.86. The molecule has 0 unspecified atom stereocenters. The maximum absolute atomic E-state index is 10.3. The molecule has 0 rings (SSSR count). The van der Waals surface area contributed by atoms with E-state index in [1.165, 1.54) is 0 Å². The number of rotatable bonds is 10. The van der Waals surface area contributed by atoms with Crippen LogP contribution >= 0.6 is 0 Å². The van der Waals surface area contributed by atoms with Crippen molar-refractivity contribution in [2.24, 2.45) is 0 Å². The fourth-order valence-corrected chi connectivity index (χ4v) is 1.41. The Bertz CT molecular complexity index is 521. The molecule has 0 aromatic heterocycles. The number of carbonyl (C=O) groups is 6. The number of aliphatic hydroxyl groups is 2. The van der Waals surface area contributed by atoms with Gasteiger partial charge in [-0.05, 0) is 0 Å². The number of carboxylic acids is 6. The Morgan fingerprint density at radius 1 is 0.531 bits per heavy atom. The summed E-state index contributed by atoms with van der Waals surface area (Å²) < 4.78 is 0. The average molecular weight is 500 g/mol. The molecule has 0 heterocycles. The monoisotopic (exact) mass is 500 g/mol. The van der Waals surface area contributed by atoms with Crippen LogP contribution in [0.5, 0.6) is 0 Å². The van der Waals surface area contributed by atoms with Crippen molar-refractivity contribution in [2.75, 3.05) is 0 Å². The summed E-state index contributed by atoms with van der Waals surface area (Å²) in [5.41, 5.74) is -5.60. The van der Waals surface area contributed by atoms with Gasteiger partial charge in [0.25, 0.3) is 0 Å². The number of hydrogen-bond donors (Lipinski definition) is 6. The molecule has 32 heavy (non-hydrogen) atoms. The van der Waals surface area contributed by atoms with Crippen molar-refractivity contribution in [3.05, 3.63) is 0 Å². The molecule has 0 saturated carbocycles. The van der Waals surface area contributed by atoms with Crippen molar-refractivity contribution in [3.63, 3.8) is 0 Å². The normalized spacial score (nSPS) is 8.81. The molecule has 0 fully saturated rings. The maximum atomic E-state index is 10.3. The van der Waals surface area contributed by atoms with Gasteiger partial charge in [-0.15, -0.1) is 0 Å². The Kier molecular flexibility index (Phi) is 37.3. The van der Waals surface area contributed by atoms with Gasteiger partial charge in [0, 0.05) is 24.8 Å². The van der Waals surface area contributed by atoms with E-state index in [4.69, 9.17) is 30.6 Å². The van der Waals surface area contributed by atoms with E-state index in [0.29, 0.717) is 0 Å². The molecule has 0 aromatic rings. The van der Waals surface area contributed by atoms with Crippen LogP contribution < -0.4 is 69.3 Å². The Morgan fingerprint density at radius 2 is 0.719 bits per heavy atom. The molecule has 0 atom stereocenters. The molecule has 0 aliphatic heterocycles. The second-order valence-corrected chi connectivity index (χ2v) is 4.91. The molecule has 0 aliphatic carbocycles. The summed E-state index contributed by atoms with van der Waals surface area (Å²) >= 11 is 0. The molecular weight excluding hydrogens is 478 g/mol. The van der Waals surface area contributed by atoms with Crippen LogP contribution in [-0.4, -0.2) is 99.6 Å². The van der Waals surface area contributed by atoms with Gasteiger partial charge in [-0.3, -0.25) is 9.59 Å². The molecule has 20 heteroatoms. The van der Waals surface area contributed by atoms with Crippen LogP contribution in [0.1, 0.15) is 25.7 Å². The topological polar surface area (TPSA) is 396 Å². The molecule has 0 bridgehead atoms. The van der Waals surface area contributed by atoms with Crippen LogP contribution in [0, 0.1) is 0 Å². The minimum Gasteiger partial charge on any atom is -0.550 e. The van der Waals surface area contributed by atoms with Crippen LogP contribution in [0.4, 0.5) is 0 Å². The summed E-state index contributed by atoms with van der Waals surface area (Å²) in [7, 11) is 0. The van der Waals surface area contributed by atoms with E-state index < -0.39 is 72.7 Å². The molecule has 180 valence electrons. The summed E-state index contributed by atoms with van der Waals surface area (Å²) in [6, 6.07) is 0. The van der Waals surface area contributed by atoms with Gasteiger partial charge in [0.2, 0.25) is 0 Å². The van der Waals surface area contributed by atoms with Gasteiger partial charge in [0.1, 0.15) is 0 Å². The number of carbonyl (C=O) groups excluding carboxylic acids is 2. The zero-order valence-electron chi connectivity index (χ0n) is 16.8. The first-order valence-corrected chi connectivity index (χ1v) is 6.30. The average Bonchev–Trinajstić information content (AvgIpc) is 2.34. The number of hydrogen-bond acceptors (Lipinski definition) is 10. The van der Waals surface area contributed by atoms with Crippen molar-refractivity contribution in [2.45, 2.75) is 36.9 Å². The zero-order valence-corrected chi connectivity index (χ0v) is 20.8. The standard InChI is InChI=1S/2C6H8O7.2Na.4H2O/c2*7-3(8)1-6(13,5(11)12)2-4(9)10;;;;;;/h2*13H,1-2H2,(H,7,8)(H,9,10)(H,11,12);;;4*1H2/q;;2*+1;;;;/p-2. The van der Waals surface area contributed by atoms with Crippen LogP contribution in [0.25, 0.3) is 0 Å². The van der Waals surface area contributed by atoms with Gasteiger partial charge in [0.15, 0.2) is 11.2 Å². The van der Waals surface area contributed by atoms with E-state index in [9.17, 15) is 39.0 Å². The first kappa shape index (κ1) is 52.5. The summed E-state index contributed by atoms with van der Waals surface area (Å²) in [6.45, 7) is 0. The first-order chi connectivity index (χ1) is 11.6. The fraction of sp³-hybridized carbons (Fsp3) is 0.500. The molecule has 0 spiro atoms. The van der Waals surface area contributed by atoms with Crippen molar-refractivity contribution < 1.29 is 151 Å². The molecule has 0 amide bonds. The number of carboxylic acid groups (broad SMARTS) is 6. The Labute approximate surface area is 222 Å². The van der Waals surface area contributed by atoms with Crippen LogP contribution in [0.15, 0.2) is 0 Å². The third-order valence-electron chi connectivity index (χ3n) is 2.56. The summed E-state index contributed by atoms with van der Waals surface area (Å²) in [5, 5.41) is 71.0. The van der Waals surface area contributed by atoms with Gasteiger partial charge < -0.3 is 72.3 Å². The van der Waals surface area contributed by atoms with E-state index in [1.54, 1.807) is 0 Å². The number of aliphatic carboxylic acids is 6. The van der Waals surface area contributed by atoms with Gasteiger partial charge in [-0.2, -0.15) is 0 Å². The quantitative estimate of drug-likeness (QED) is 0.152. The van der Waals surface area contributed by atoms with Crippen LogP contribution in [-0.2, 0) is 28.8 Å². The smallest absolute Gasteiger partial charge is 0.550 e. The van der Waals surface area contributed by atoms with E-state index in [2.05, 4.69) is 0 Å². The second-order valence-electron chi connectivity index (χ2n) is 4.91. The van der Waals surface area contributed by atoms with Gasteiger partial charge in [0.05, 0.1) is 12.8 Å². The largest absolute Gasteiger partial charge is 1.00 e.